The average Bonchev–Trinajstić information content (AvgIpc) is 2.76. The van der Waals surface area contributed by atoms with Crippen LogP contribution in [-0.2, 0) is 9.53 Å². The minimum Gasteiger partial charge on any atom is -0.356 e. The molecule has 94 valence electrons. The number of amides is 1. The molecule has 1 heterocycles. The maximum absolute atomic E-state index is 11.9. The van der Waals surface area contributed by atoms with Crippen molar-refractivity contribution in [2.45, 2.75) is 65.0 Å². The van der Waals surface area contributed by atoms with E-state index in [4.69, 9.17) is 4.74 Å². The fourth-order valence-electron chi connectivity index (χ4n) is 2.17. The van der Waals surface area contributed by atoms with Gasteiger partial charge in [-0.3, -0.25) is 4.79 Å². The van der Waals surface area contributed by atoms with Crippen molar-refractivity contribution < 1.29 is 9.53 Å². The van der Waals surface area contributed by atoms with Gasteiger partial charge in [0.25, 0.3) is 0 Å². The SMILES string of the molecule is CCCCCCCC(=O)N1CCOC1CC. The van der Waals surface area contributed by atoms with Crippen LogP contribution in [-0.4, -0.2) is 30.2 Å². The van der Waals surface area contributed by atoms with Crippen molar-refractivity contribution in [2.24, 2.45) is 0 Å². The van der Waals surface area contributed by atoms with Gasteiger partial charge in [0, 0.05) is 13.0 Å². The standard InChI is InChI=1S/C13H25NO2/c1-3-5-6-7-8-9-12(15)14-10-11-16-13(14)4-2/h13H,3-11H2,1-2H3. The lowest BCUT2D eigenvalue weighted by Crippen LogP contribution is -2.35. The zero-order valence-corrected chi connectivity index (χ0v) is 10.7. The lowest BCUT2D eigenvalue weighted by atomic mass is 10.1. The summed E-state index contributed by atoms with van der Waals surface area (Å²) in [5.41, 5.74) is 0. The largest absolute Gasteiger partial charge is 0.356 e. The van der Waals surface area contributed by atoms with E-state index >= 15 is 0 Å². The molecule has 1 fully saturated rings. The number of unbranched alkanes of at least 4 members (excludes halogenated alkanes) is 4. The highest BCUT2D eigenvalue weighted by atomic mass is 16.5. The summed E-state index contributed by atoms with van der Waals surface area (Å²) in [5, 5.41) is 0. The molecular formula is C13H25NO2. The van der Waals surface area contributed by atoms with Crippen molar-refractivity contribution in [1.82, 2.24) is 4.90 Å². The van der Waals surface area contributed by atoms with E-state index in [9.17, 15) is 4.79 Å². The van der Waals surface area contributed by atoms with Crippen molar-refractivity contribution in [3.05, 3.63) is 0 Å². The average molecular weight is 227 g/mol. The maximum Gasteiger partial charge on any atom is 0.224 e. The predicted octanol–water partition coefficient (Wildman–Crippen LogP) is 2.94. The fourth-order valence-corrected chi connectivity index (χ4v) is 2.17. The van der Waals surface area contributed by atoms with Crippen LogP contribution in [0.1, 0.15) is 58.8 Å². The molecular weight excluding hydrogens is 202 g/mol. The molecule has 0 aliphatic carbocycles. The molecule has 3 heteroatoms. The van der Waals surface area contributed by atoms with Gasteiger partial charge in [0.2, 0.25) is 5.91 Å². The molecule has 3 nitrogen and oxygen atoms in total. The third-order valence-electron chi connectivity index (χ3n) is 3.15. The number of hydrogen-bond acceptors (Lipinski definition) is 2. The zero-order valence-electron chi connectivity index (χ0n) is 10.7. The van der Waals surface area contributed by atoms with Crippen molar-refractivity contribution >= 4 is 5.91 Å². The van der Waals surface area contributed by atoms with Crippen LogP contribution in [0.25, 0.3) is 0 Å². The molecule has 1 unspecified atom stereocenters. The number of hydrogen-bond donors (Lipinski definition) is 0. The van der Waals surface area contributed by atoms with Gasteiger partial charge >= 0.3 is 0 Å². The highest BCUT2D eigenvalue weighted by Gasteiger charge is 2.27. The second-order valence-corrected chi connectivity index (χ2v) is 4.49. The first-order valence-electron chi connectivity index (χ1n) is 6.70. The quantitative estimate of drug-likeness (QED) is 0.626. The van der Waals surface area contributed by atoms with Crippen molar-refractivity contribution in [3.63, 3.8) is 0 Å². The van der Waals surface area contributed by atoms with Crippen LogP contribution < -0.4 is 0 Å². The van der Waals surface area contributed by atoms with Gasteiger partial charge in [0.05, 0.1) is 6.61 Å². The summed E-state index contributed by atoms with van der Waals surface area (Å²) in [6.45, 7) is 5.77. The van der Waals surface area contributed by atoms with Crippen LogP contribution in [0.3, 0.4) is 0 Å². The first-order valence-corrected chi connectivity index (χ1v) is 6.70. The Morgan fingerprint density at radius 2 is 2.00 bits per heavy atom. The van der Waals surface area contributed by atoms with Crippen LogP contribution in [0.15, 0.2) is 0 Å². The lowest BCUT2D eigenvalue weighted by molar-refractivity contribution is -0.136. The van der Waals surface area contributed by atoms with Gasteiger partial charge in [-0.25, -0.2) is 0 Å². The monoisotopic (exact) mass is 227 g/mol. The Kier molecular flexibility index (Phi) is 6.46. The highest BCUT2D eigenvalue weighted by molar-refractivity contribution is 5.76. The second kappa shape index (κ2) is 7.66. The van der Waals surface area contributed by atoms with E-state index < -0.39 is 0 Å². The molecule has 1 aliphatic rings. The van der Waals surface area contributed by atoms with Crippen LogP contribution in [0.2, 0.25) is 0 Å². The van der Waals surface area contributed by atoms with E-state index in [1.807, 2.05) is 4.90 Å². The minimum absolute atomic E-state index is 0.0446. The summed E-state index contributed by atoms with van der Waals surface area (Å²) >= 11 is 0. The lowest BCUT2D eigenvalue weighted by Gasteiger charge is -2.21. The van der Waals surface area contributed by atoms with Gasteiger partial charge < -0.3 is 9.64 Å². The Morgan fingerprint density at radius 3 is 2.69 bits per heavy atom. The third-order valence-corrected chi connectivity index (χ3v) is 3.15. The van der Waals surface area contributed by atoms with E-state index in [2.05, 4.69) is 13.8 Å². The minimum atomic E-state index is 0.0446. The summed E-state index contributed by atoms with van der Waals surface area (Å²) in [7, 11) is 0. The van der Waals surface area contributed by atoms with E-state index in [0.29, 0.717) is 13.0 Å². The van der Waals surface area contributed by atoms with Gasteiger partial charge in [-0.05, 0) is 12.8 Å². The summed E-state index contributed by atoms with van der Waals surface area (Å²) in [6, 6.07) is 0. The fraction of sp³-hybridized carbons (Fsp3) is 0.923. The molecule has 1 amide bonds. The molecule has 1 saturated heterocycles. The summed E-state index contributed by atoms with van der Waals surface area (Å²) in [5.74, 6) is 0.279. The molecule has 0 aromatic carbocycles. The smallest absolute Gasteiger partial charge is 0.224 e. The number of ether oxygens (including phenoxy) is 1. The number of carbonyl (C=O) groups excluding carboxylic acids is 1. The first kappa shape index (κ1) is 13.5. The Bertz CT molecular complexity index is 206. The Balaban J connectivity index is 2.14. The molecule has 1 rings (SSSR count). The Labute approximate surface area is 99.1 Å². The van der Waals surface area contributed by atoms with E-state index in [-0.39, 0.29) is 12.1 Å². The summed E-state index contributed by atoms with van der Waals surface area (Å²) in [6.07, 6.45) is 7.67. The Hall–Kier alpha value is -0.570. The molecule has 0 aromatic rings. The number of carbonyl (C=O) groups is 1. The molecule has 0 saturated carbocycles. The van der Waals surface area contributed by atoms with Crippen molar-refractivity contribution in [3.8, 4) is 0 Å². The molecule has 16 heavy (non-hydrogen) atoms. The molecule has 0 N–H and O–H groups in total. The predicted molar refractivity (Wildman–Crippen MR) is 65.1 cm³/mol. The summed E-state index contributed by atoms with van der Waals surface area (Å²) in [4.78, 5) is 13.8. The Morgan fingerprint density at radius 1 is 1.25 bits per heavy atom. The zero-order chi connectivity index (χ0) is 11.8. The first-order chi connectivity index (χ1) is 7.79. The summed E-state index contributed by atoms with van der Waals surface area (Å²) < 4.78 is 5.49. The van der Waals surface area contributed by atoms with Crippen LogP contribution in [0, 0.1) is 0 Å². The molecule has 1 aliphatic heterocycles. The molecule has 0 radical (unpaired) electrons. The van der Waals surface area contributed by atoms with Crippen LogP contribution in [0.4, 0.5) is 0 Å². The van der Waals surface area contributed by atoms with Crippen LogP contribution in [0.5, 0.6) is 0 Å². The van der Waals surface area contributed by atoms with Crippen LogP contribution >= 0.6 is 0 Å². The van der Waals surface area contributed by atoms with Gasteiger partial charge in [-0.15, -0.1) is 0 Å². The molecule has 0 aromatic heterocycles. The number of nitrogens with zero attached hydrogens (tertiary/aromatic N) is 1. The van der Waals surface area contributed by atoms with Gasteiger partial charge in [0.1, 0.15) is 6.23 Å². The van der Waals surface area contributed by atoms with E-state index in [1.54, 1.807) is 0 Å². The molecule has 1 atom stereocenters. The molecule has 0 bridgehead atoms. The second-order valence-electron chi connectivity index (χ2n) is 4.49. The topological polar surface area (TPSA) is 29.5 Å². The molecule has 0 spiro atoms. The maximum atomic E-state index is 11.9. The van der Waals surface area contributed by atoms with Gasteiger partial charge in [-0.1, -0.05) is 39.5 Å². The van der Waals surface area contributed by atoms with Crippen molar-refractivity contribution in [1.29, 1.82) is 0 Å². The normalized spacial score (nSPS) is 20.4. The van der Waals surface area contributed by atoms with Crippen molar-refractivity contribution in [2.75, 3.05) is 13.2 Å². The number of rotatable bonds is 7. The van der Waals surface area contributed by atoms with Gasteiger partial charge in [-0.2, -0.15) is 0 Å². The third kappa shape index (κ3) is 4.12. The van der Waals surface area contributed by atoms with Gasteiger partial charge in [0.15, 0.2) is 0 Å². The van der Waals surface area contributed by atoms with E-state index in [0.717, 1.165) is 19.4 Å². The highest BCUT2D eigenvalue weighted by Crippen LogP contribution is 2.16. The van der Waals surface area contributed by atoms with E-state index in [1.165, 1.54) is 25.7 Å².